The zero-order valence-corrected chi connectivity index (χ0v) is 17.8. The molecule has 3 aromatic rings. The van der Waals surface area contributed by atoms with Gasteiger partial charge in [-0.05, 0) is 43.3 Å². The number of carbonyl (C=O) groups excluding carboxylic acids is 2. The number of carbonyl (C=O) groups is 2. The van der Waals surface area contributed by atoms with E-state index in [9.17, 15) is 28.2 Å². The Kier molecular flexibility index (Phi) is 4.67. The van der Waals surface area contributed by atoms with Crippen molar-refractivity contribution in [3.63, 3.8) is 0 Å². The minimum absolute atomic E-state index is 0.0673. The summed E-state index contributed by atoms with van der Waals surface area (Å²) in [6, 6.07) is 11.5. The van der Waals surface area contributed by atoms with Gasteiger partial charge in [-0.3, -0.25) is 14.3 Å². The highest BCUT2D eigenvalue weighted by Gasteiger charge is 2.35. The predicted octanol–water partition coefficient (Wildman–Crippen LogP) is 3.74. The van der Waals surface area contributed by atoms with E-state index in [1.165, 1.54) is 24.3 Å². The fourth-order valence-corrected chi connectivity index (χ4v) is 4.67. The first-order chi connectivity index (χ1) is 14.1. The highest BCUT2D eigenvalue weighted by molar-refractivity contribution is 9.10. The number of phenols is 2. The Morgan fingerprint density at radius 2 is 1.50 bits per heavy atom. The van der Waals surface area contributed by atoms with Gasteiger partial charge < -0.3 is 10.2 Å². The molecule has 9 heteroatoms. The number of aryl methyl sites for hydroxylation is 1. The largest absolute Gasteiger partial charge is 0.504 e. The van der Waals surface area contributed by atoms with E-state index < -0.39 is 38.8 Å². The number of hydrogen-bond acceptors (Lipinski definition) is 6. The van der Waals surface area contributed by atoms with Crippen LogP contribution in [0.4, 0.5) is 5.69 Å². The summed E-state index contributed by atoms with van der Waals surface area (Å²) in [5.41, 5.74) is 0.0666. The molecule has 0 saturated carbocycles. The van der Waals surface area contributed by atoms with Gasteiger partial charge in [0.15, 0.2) is 23.1 Å². The van der Waals surface area contributed by atoms with Crippen molar-refractivity contribution in [1.29, 1.82) is 0 Å². The summed E-state index contributed by atoms with van der Waals surface area (Å²) in [6.45, 7) is 1.80. The van der Waals surface area contributed by atoms with Crippen LogP contribution in [0.3, 0.4) is 0 Å². The number of phenolic OH excluding ortho intramolecular Hbond substituents is 2. The van der Waals surface area contributed by atoms with Gasteiger partial charge in [-0.25, -0.2) is 8.42 Å². The second-order valence-electron chi connectivity index (χ2n) is 6.81. The minimum atomic E-state index is -4.12. The fraction of sp³-hybridized carbons (Fsp3) is 0.0476. The molecule has 0 amide bonds. The van der Waals surface area contributed by atoms with Crippen molar-refractivity contribution in [2.24, 2.45) is 0 Å². The molecular formula is C21H14BrNO6S. The number of nitrogens with one attached hydrogen (secondary N) is 1. The van der Waals surface area contributed by atoms with Crippen LogP contribution in [-0.4, -0.2) is 30.2 Å². The van der Waals surface area contributed by atoms with Crippen LogP contribution in [0.1, 0.15) is 37.4 Å². The number of benzene rings is 3. The second kappa shape index (κ2) is 6.96. The van der Waals surface area contributed by atoms with Gasteiger partial charge >= 0.3 is 0 Å². The minimum Gasteiger partial charge on any atom is -0.504 e. The summed E-state index contributed by atoms with van der Waals surface area (Å²) >= 11 is 3.23. The molecule has 3 N–H and O–H groups in total. The van der Waals surface area contributed by atoms with E-state index >= 15 is 0 Å². The molecule has 0 spiro atoms. The molecule has 0 fully saturated rings. The van der Waals surface area contributed by atoms with Gasteiger partial charge in [0, 0.05) is 21.2 Å². The van der Waals surface area contributed by atoms with Gasteiger partial charge in [0.05, 0.1) is 16.1 Å². The van der Waals surface area contributed by atoms with E-state index in [-0.39, 0.29) is 27.1 Å². The maximum atomic E-state index is 12.9. The van der Waals surface area contributed by atoms with E-state index in [4.69, 9.17) is 0 Å². The third-order valence-corrected chi connectivity index (χ3v) is 6.67. The van der Waals surface area contributed by atoms with Gasteiger partial charge in [-0.15, -0.1) is 0 Å². The number of sulfonamides is 1. The van der Waals surface area contributed by atoms with Crippen LogP contribution in [0.25, 0.3) is 0 Å². The van der Waals surface area contributed by atoms with E-state index in [0.717, 1.165) is 11.6 Å². The highest BCUT2D eigenvalue weighted by atomic mass is 79.9. The maximum Gasteiger partial charge on any atom is 0.262 e. The first-order valence-corrected chi connectivity index (χ1v) is 10.9. The molecule has 152 valence electrons. The van der Waals surface area contributed by atoms with Crippen LogP contribution < -0.4 is 4.72 Å². The van der Waals surface area contributed by atoms with Crippen LogP contribution >= 0.6 is 15.9 Å². The summed E-state index contributed by atoms with van der Waals surface area (Å²) < 4.78 is 28.1. The quantitative estimate of drug-likeness (QED) is 0.378. The number of rotatable bonds is 3. The molecule has 3 aromatic carbocycles. The van der Waals surface area contributed by atoms with Crippen LogP contribution in [0.5, 0.6) is 11.5 Å². The third kappa shape index (κ3) is 3.16. The van der Waals surface area contributed by atoms with Gasteiger partial charge in [0.1, 0.15) is 0 Å². The Balaban J connectivity index is 1.84. The molecule has 1 aliphatic carbocycles. The Labute approximate surface area is 180 Å². The molecule has 0 radical (unpaired) electrons. The lowest BCUT2D eigenvalue weighted by Gasteiger charge is -2.21. The first kappa shape index (κ1) is 20.1. The normalized spacial score (nSPS) is 13.0. The zero-order chi connectivity index (χ0) is 21.8. The lowest BCUT2D eigenvalue weighted by Crippen LogP contribution is -2.22. The molecule has 0 heterocycles. The summed E-state index contributed by atoms with van der Waals surface area (Å²) in [5, 5.41) is 20.8. The summed E-state index contributed by atoms with van der Waals surface area (Å²) in [4.78, 5) is 25.7. The van der Waals surface area contributed by atoms with Crippen LogP contribution in [-0.2, 0) is 10.0 Å². The molecule has 0 aromatic heterocycles. The number of ketones is 2. The van der Waals surface area contributed by atoms with Crippen molar-refractivity contribution in [2.75, 3.05) is 4.72 Å². The zero-order valence-electron chi connectivity index (χ0n) is 15.4. The Morgan fingerprint density at radius 1 is 0.833 bits per heavy atom. The van der Waals surface area contributed by atoms with Gasteiger partial charge in [0.25, 0.3) is 10.0 Å². The number of anilines is 1. The molecule has 4 rings (SSSR count). The van der Waals surface area contributed by atoms with Crippen molar-refractivity contribution < 1.29 is 28.2 Å². The van der Waals surface area contributed by atoms with Gasteiger partial charge in [-0.1, -0.05) is 33.6 Å². The summed E-state index contributed by atoms with van der Waals surface area (Å²) in [5.74, 6) is -2.93. The molecular weight excluding hydrogens is 474 g/mol. The molecule has 7 nitrogen and oxygen atoms in total. The topological polar surface area (TPSA) is 121 Å². The van der Waals surface area contributed by atoms with Crippen molar-refractivity contribution in [3.05, 3.63) is 80.8 Å². The van der Waals surface area contributed by atoms with Gasteiger partial charge in [-0.2, -0.15) is 0 Å². The van der Waals surface area contributed by atoms with Crippen molar-refractivity contribution in [3.8, 4) is 11.5 Å². The molecule has 30 heavy (non-hydrogen) atoms. The second-order valence-corrected chi connectivity index (χ2v) is 9.41. The fourth-order valence-electron chi connectivity index (χ4n) is 3.25. The standard InChI is InChI=1S/C21H14BrNO6S/c1-10-2-5-12(6-3-10)30(28,29)23-16-9-15-17(21(27)20(16)26)19(25)14-8-11(22)4-7-13(14)18(15)24/h2-9,23,26-27H,1H3. The Hall–Kier alpha value is -3.17. The van der Waals surface area contributed by atoms with Crippen molar-refractivity contribution in [1.82, 2.24) is 0 Å². The number of aromatic hydroxyl groups is 2. The number of halogens is 1. The van der Waals surface area contributed by atoms with Crippen LogP contribution in [0, 0.1) is 6.92 Å². The van der Waals surface area contributed by atoms with Crippen LogP contribution in [0.2, 0.25) is 0 Å². The molecule has 0 unspecified atom stereocenters. The van der Waals surface area contributed by atoms with E-state index in [1.54, 1.807) is 25.1 Å². The molecule has 0 bridgehead atoms. The number of hydrogen-bond donors (Lipinski definition) is 3. The number of fused-ring (bicyclic) bond motifs is 2. The molecule has 0 saturated heterocycles. The molecule has 1 aliphatic rings. The average molecular weight is 488 g/mol. The van der Waals surface area contributed by atoms with E-state index in [2.05, 4.69) is 20.7 Å². The smallest absolute Gasteiger partial charge is 0.262 e. The van der Waals surface area contributed by atoms with Gasteiger partial charge in [0.2, 0.25) is 0 Å². The maximum absolute atomic E-state index is 12.9. The lowest BCUT2D eigenvalue weighted by atomic mass is 9.83. The first-order valence-electron chi connectivity index (χ1n) is 8.67. The Bertz CT molecular complexity index is 1350. The van der Waals surface area contributed by atoms with Crippen molar-refractivity contribution in [2.45, 2.75) is 11.8 Å². The molecule has 0 aliphatic heterocycles. The highest BCUT2D eigenvalue weighted by Crippen LogP contribution is 2.43. The average Bonchev–Trinajstić information content (AvgIpc) is 2.69. The molecule has 0 atom stereocenters. The van der Waals surface area contributed by atoms with E-state index in [1.807, 2.05) is 0 Å². The summed E-state index contributed by atoms with van der Waals surface area (Å²) in [6.07, 6.45) is 0. The summed E-state index contributed by atoms with van der Waals surface area (Å²) in [7, 11) is -4.12. The lowest BCUT2D eigenvalue weighted by molar-refractivity contribution is 0.0976. The van der Waals surface area contributed by atoms with E-state index in [0.29, 0.717) is 4.47 Å². The van der Waals surface area contributed by atoms with Crippen LogP contribution in [0.15, 0.2) is 57.9 Å². The third-order valence-electron chi connectivity index (χ3n) is 4.79. The Morgan fingerprint density at radius 3 is 2.17 bits per heavy atom. The monoisotopic (exact) mass is 487 g/mol. The van der Waals surface area contributed by atoms with Crippen molar-refractivity contribution >= 4 is 43.2 Å². The SMILES string of the molecule is Cc1ccc(S(=O)(=O)Nc2cc3c(c(O)c2O)C(=O)c2cc(Br)ccc2C3=O)cc1. The predicted molar refractivity (Wildman–Crippen MR) is 113 cm³/mol.